The van der Waals surface area contributed by atoms with Crippen LogP contribution in [-0.4, -0.2) is 55.0 Å². The van der Waals surface area contributed by atoms with E-state index in [9.17, 15) is 23.6 Å². The minimum atomic E-state index is -0.924. The molecule has 1 aromatic heterocycles. The average Bonchev–Trinajstić information content (AvgIpc) is 2.91. The first kappa shape index (κ1) is 30.8. The maximum absolute atomic E-state index is 13.6. The molecule has 1 aliphatic rings. The van der Waals surface area contributed by atoms with Crippen LogP contribution in [0.2, 0.25) is 5.02 Å². The molecule has 0 saturated carbocycles. The molecule has 2 heterocycles. The third kappa shape index (κ3) is 8.00. The maximum atomic E-state index is 13.6. The van der Waals surface area contributed by atoms with Crippen molar-refractivity contribution in [1.82, 2.24) is 4.90 Å². The van der Waals surface area contributed by atoms with E-state index in [1.54, 1.807) is 37.8 Å². The molecule has 3 aromatic rings. The van der Waals surface area contributed by atoms with Gasteiger partial charge in [0.05, 0.1) is 17.5 Å². The van der Waals surface area contributed by atoms with Gasteiger partial charge < -0.3 is 28.3 Å². The van der Waals surface area contributed by atoms with Gasteiger partial charge in [0.2, 0.25) is 6.79 Å². The average molecular weight is 604 g/mol. The first-order chi connectivity index (χ1) is 20.0. The predicted octanol–water partition coefficient (Wildman–Crippen LogP) is 5.71. The SMILES string of the molecule is CC(C)OC(=O)OCOC(=O)C[C@H]1CCCN(C(=O)[C@@H](C)Oc2ccc3c(-c4ccc(F)cc4Cl)cc(=O)oc3c2)C1. The number of amides is 1. The van der Waals surface area contributed by atoms with Crippen molar-refractivity contribution < 1.29 is 42.1 Å². The molecule has 0 spiro atoms. The van der Waals surface area contributed by atoms with E-state index in [0.29, 0.717) is 41.8 Å². The largest absolute Gasteiger partial charge is 0.511 e. The summed E-state index contributed by atoms with van der Waals surface area (Å²) in [7, 11) is 0. The lowest BCUT2D eigenvalue weighted by Gasteiger charge is -2.34. The number of likely N-dealkylation sites (tertiary alicyclic amines) is 1. The summed E-state index contributed by atoms with van der Waals surface area (Å²) in [4.78, 5) is 50.7. The maximum Gasteiger partial charge on any atom is 0.511 e. The lowest BCUT2D eigenvalue weighted by atomic mass is 9.94. The first-order valence-electron chi connectivity index (χ1n) is 13.5. The highest BCUT2D eigenvalue weighted by Gasteiger charge is 2.29. The van der Waals surface area contributed by atoms with Crippen LogP contribution >= 0.6 is 11.6 Å². The zero-order valence-electron chi connectivity index (χ0n) is 23.4. The molecular formula is C30H31ClFNO9. The van der Waals surface area contributed by atoms with Gasteiger partial charge in [-0.3, -0.25) is 9.59 Å². The first-order valence-corrected chi connectivity index (χ1v) is 13.9. The van der Waals surface area contributed by atoms with Gasteiger partial charge in [0.25, 0.3) is 5.91 Å². The van der Waals surface area contributed by atoms with E-state index in [4.69, 9.17) is 35.0 Å². The summed E-state index contributed by atoms with van der Waals surface area (Å²) in [6, 6.07) is 10.0. The lowest BCUT2D eigenvalue weighted by Crippen LogP contribution is -2.46. The van der Waals surface area contributed by atoms with Crippen molar-refractivity contribution in [2.45, 2.75) is 52.2 Å². The number of nitrogens with zero attached hydrogens (tertiary/aromatic N) is 1. The third-order valence-corrected chi connectivity index (χ3v) is 6.93. The molecule has 1 saturated heterocycles. The predicted molar refractivity (Wildman–Crippen MR) is 151 cm³/mol. The molecule has 4 rings (SSSR count). The van der Waals surface area contributed by atoms with Crippen LogP contribution in [0.4, 0.5) is 9.18 Å². The minimum Gasteiger partial charge on any atom is -0.481 e. The van der Waals surface area contributed by atoms with Crippen molar-refractivity contribution in [1.29, 1.82) is 0 Å². The van der Waals surface area contributed by atoms with Gasteiger partial charge >= 0.3 is 17.8 Å². The van der Waals surface area contributed by atoms with Crippen molar-refractivity contribution >= 4 is 40.6 Å². The summed E-state index contributed by atoms with van der Waals surface area (Å²) >= 11 is 6.22. The second-order valence-electron chi connectivity index (χ2n) is 10.2. The Morgan fingerprint density at radius 1 is 1.07 bits per heavy atom. The van der Waals surface area contributed by atoms with Gasteiger partial charge in [0.1, 0.15) is 17.1 Å². The molecule has 0 bridgehead atoms. The van der Waals surface area contributed by atoms with Crippen molar-refractivity contribution in [3.8, 4) is 16.9 Å². The van der Waals surface area contributed by atoms with E-state index < -0.39 is 36.5 Å². The summed E-state index contributed by atoms with van der Waals surface area (Å²) in [5.41, 5.74) is 0.534. The summed E-state index contributed by atoms with van der Waals surface area (Å²) in [5, 5.41) is 0.705. The van der Waals surface area contributed by atoms with E-state index in [1.807, 2.05) is 0 Å². The van der Waals surface area contributed by atoms with Crippen LogP contribution in [0.15, 0.2) is 51.7 Å². The molecule has 42 heavy (non-hydrogen) atoms. The number of fused-ring (bicyclic) bond motifs is 1. The van der Waals surface area contributed by atoms with Gasteiger partial charge in [-0.15, -0.1) is 0 Å². The van der Waals surface area contributed by atoms with Crippen LogP contribution in [0.3, 0.4) is 0 Å². The van der Waals surface area contributed by atoms with Gasteiger partial charge in [-0.05, 0) is 69.9 Å². The molecular weight excluding hydrogens is 573 g/mol. The standard InChI is InChI=1S/C30H31ClFNO9/c1-17(2)40-30(37)39-16-38-27(34)11-19-5-4-10-33(15-19)29(36)18(3)41-21-7-9-23-24(14-28(35)42-26(23)13-21)22-8-6-20(32)12-25(22)31/h6-9,12-14,17-19H,4-5,10-11,15-16H2,1-3H3/t18-,19-/m1/s1. The Hall–Kier alpha value is -4.12. The molecule has 1 fully saturated rings. The summed E-state index contributed by atoms with van der Waals surface area (Å²) in [5.74, 6) is -1.13. The second-order valence-corrected chi connectivity index (χ2v) is 10.6. The Morgan fingerprint density at radius 3 is 2.60 bits per heavy atom. The Labute approximate surface area is 246 Å². The highest BCUT2D eigenvalue weighted by atomic mass is 35.5. The van der Waals surface area contributed by atoms with Gasteiger partial charge in [-0.25, -0.2) is 14.0 Å². The normalized spacial score (nSPS) is 15.8. The smallest absolute Gasteiger partial charge is 0.481 e. The number of esters is 1. The monoisotopic (exact) mass is 603 g/mol. The van der Waals surface area contributed by atoms with Crippen LogP contribution in [0.5, 0.6) is 5.75 Å². The quantitative estimate of drug-likeness (QED) is 0.172. The van der Waals surface area contributed by atoms with Crippen LogP contribution in [0.1, 0.15) is 40.0 Å². The Kier molecular flexibility index (Phi) is 10.1. The van der Waals surface area contributed by atoms with E-state index in [-0.39, 0.29) is 35.0 Å². The molecule has 1 aliphatic heterocycles. The number of ether oxygens (including phenoxy) is 4. The fourth-order valence-electron chi connectivity index (χ4n) is 4.75. The Balaban J connectivity index is 1.36. The molecule has 10 nitrogen and oxygen atoms in total. The Bertz CT molecular complexity index is 1520. The van der Waals surface area contributed by atoms with Crippen LogP contribution < -0.4 is 10.4 Å². The van der Waals surface area contributed by atoms with E-state index in [2.05, 4.69) is 0 Å². The van der Waals surface area contributed by atoms with E-state index in [1.165, 1.54) is 24.3 Å². The number of carbonyl (C=O) groups is 3. The van der Waals surface area contributed by atoms with E-state index >= 15 is 0 Å². The van der Waals surface area contributed by atoms with Gasteiger partial charge in [0, 0.05) is 41.7 Å². The fourth-order valence-corrected chi connectivity index (χ4v) is 5.02. The van der Waals surface area contributed by atoms with Crippen LogP contribution in [0, 0.1) is 11.7 Å². The van der Waals surface area contributed by atoms with Gasteiger partial charge in [-0.1, -0.05) is 11.6 Å². The summed E-state index contributed by atoms with van der Waals surface area (Å²) < 4.78 is 39.3. The Morgan fingerprint density at radius 2 is 1.86 bits per heavy atom. The molecule has 0 radical (unpaired) electrons. The zero-order chi connectivity index (χ0) is 30.4. The van der Waals surface area contributed by atoms with Crippen molar-refractivity contribution in [2.75, 3.05) is 19.9 Å². The highest BCUT2D eigenvalue weighted by molar-refractivity contribution is 6.33. The number of benzene rings is 2. The minimum absolute atomic E-state index is 0.0612. The fraction of sp³-hybridized carbons (Fsp3) is 0.400. The lowest BCUT2D eigenvalue weighted by molar-refractivity contribution is -0.156. The number of carbonyl (C=O) groups excluding carboxylic acids is 3. The zero-order valence-corrected chi connectivity index (χ0v) is 24.1. The van der Waals surface area contributed by atoms with Crippen LogP contribution in [0.25, 0.3) is 22.1 Å². The van der Waals surface area contributed by atoms with Crippen molar-refractivity contribution in [2.24, 2.45) is 5.92 Å². The van der Waals surface area contributed by atoms with Crippen LogP contribution in [-0.2, 0) is 23.8 Å². The topological polar surface area (TPSA) is 122 Å². The number of halogens is 2. The molecule has 0 aliphatic carbocycles. The summed E-state index contributed by atoms with van der Waals surface area (Å²) in [6.45, 7) is 5.25. The highest BCUT2D eigenvalue weighted by Crippen LogP contribution is 2.34. The molecule has 224 valence electrons. The van der Waals surface area contributed by atoms with Gasteiger partial charge in [0.15, 0.2) is 6.10 Å². The molecule has 2 aromatic carbocycles. The van der Waals surface area contributed by atoms with Gasteiger partial charge in [-0.2, -0.15) is 0 Å². The number of piperidine rings is 1. The summed E-state index contributed by atoms with van der Waals surface area (Å²) in [6.07, 6.45) is -0.654. The second kappa shape index (κ2) is 13.7. The molecule has 12 heteroatoms. The molecule has 1 amide bonds. The number of hydrogen-bond donors (Lipinski definition) is 0. The third-order valence-electron chi connectivity index (χ3n) is 6.61. The molecule has 0 unspecified atom stereocenters. The molecule has 0 N–H and O–H groups in total. The van der Waals surface area contributed by atoms with E-state index in [0.717, 1.165) is 12.5 Å². The number of hydrogen-bond acceptors (Lipinski definition) is 9. The molecule has 2 atom stereocenters. The van der Waals surface area contributed by atoms with Crippen molar-refractivity contribution in [3.63, 3.8) is 0 Å². The van der Waals surface area contributed by atoms with Crippen molar-refractivity contribution in [3.05, 3.63) is 63.7 Å². The number of rotatable bonds is 9.